The Labute approximate surface area is 472 Å². The first-order chi connectivity index (χ1) is 37.0. The van der Waals surface area contributed by atoms with Gasteiger partial charge in [-0.1, -0.05) is 306 Å². The van der Waals surface area contributed by atoms with Crippen molar-refractivity contribution in [2.45, 2.75) is 321 Å². The van der Waals surface area contributed by atoms with Crippen molar-refractivity contribution in [1.29, 1.82) is 0 Å². The Balaban J connectivity index is 4.10. The number of unbranched alkanes of at least 4 members (excludes halogenated alkanes) is 37. The topological polar surface area (TPSA) is 105 Å². The molecular weight excluding hydrogens is 960 g/mol. The summed E-state index contributed by atoms with van der Waals surface area (Å²) >= 11 is 0. The van der Waals surface area contributed by atoms with Crippen molar-refractivity contribution in [2.24, 2.45) is 0 Å². The fraction of sp³-hybridized carbons (Fsp3) is 0.836. The van der Waals surface area contributed by atoms with Crippen molar-refractivity contribution >= 4 is 13.7 Å². The summed E-state index contributed by atoms with van der Waals surface area (Å²) in [6.45, 7) is 4.81. The second kappa shape index (κ2) is 57.9. The summed E-state index contributed by atoms with van der Waals surface area (Å²) in [4.78, 5) is 23.4. The Kier molecular flexibility index (Phi) is 56.5. The third-order valence-electron chi connectivity index (χ3n) is 14.8. The molecule has 0 aliphatic rings. The number of phosphoric acid groups is 1. The SMILES string of the molecule is CC/C=C\C/C=C\C/C=C\C/C=C\C/C=C\CCCCCCCCCCCCCC(=O)NC(COP(=O)(O)OCC[N+](C)(C)C)C(O)CCCCCCCCCCCCCCCCCCCCCCCCCCCCC. The first-order valence-corrected chi connectivity index (χ1v) is 34.1. The van der Waals surface area contributed by atoms with Crippen LogP contribution in [0.3, 0.4) is 0 Å². The second-order valence-corrected chi connectivity index (χ2v) is 24.9. The third kappa shape index (κ3) is 59.9. The fourth-order valence-electron chi connectivity index (χ4n) is 9.72. The maximum Gasteiger partial charge on any atom is 0.472 e. The Morgan fingerprint density at radius 3 is 1.16 bits per heavy atom. The number of nitrogens with one attached hydrogen (secondary N) is 1. The first-order valence-electron chi connectivity index (χ1n) is 32.7. The van der Waals surface area contributed by atoms with Crippen LogP contribution in [-0.4, -0.2) is 73.4 Å². The van der Waals surface area contributed by atoms with Crippen LogP contribution in [0.1, 0.15) is 309 Å². The lowest BCUT2D eigenvalue weighted by atomic mass is 10.0. The Morgan fingerprint density at radius 1 is 0.461 bits per heavy atom. The van der Waals surface area contributed by atoms with Gasteiger partial charge in [0.1, 0.15) is 13.2 Å². The van der Waals surface area contributed by atoms with Gasteiger partial charge in [0.2, 0.25) is 5.91 Å². The van der Waals surface area contributed by atoms with Gasteiger partial charge in [0.25, 0.3) is 0 Å². The van der Waals surface area contributed by atoms with E-state index in [1.807, 2.05) is 21.1 Å². The number of aliphatic hydroxyl groups excluding tert-OH is 1. The quantitative estimate of drug-likeness (QED) is 0.0243. The number of aliphatic hydroxyl groups is 1. The highest BCUT2D eigenvalue weighted by molar-refractivity contribution is 7.47. The molecule has 0 radical (unpaired) electrons. The molecule has 0 fully saturated rings. The Hall–Kier alpha value is -1.80. The van der Waals surface area contributed by atoms with Crippen LogP contribution >= 0.6 is 7.82 Å². The molecule has 0 heterocycles. The van der Waals surface area contributed by atoms with E-state index in [2.05, 4.69) is 79.9 Å². The lowest BCUT2D eigenvalue weighted by molar-refractivity contribution is -0.870. The van der Waals surface area contributed by atoms with Crippen LogP contribution in [0.4, 0.5) is 0 Å². The highest BCUT2D eigenvalue weighted by Gasteiger charge is 2.28. The number of quaternary nitrogens is 1. The van der Waals surface area contributed by atoms with Gasteiger partial charge in [-0.2, -0.15) is 0 Å². The van der Waals surface area contributed by atoms with Crippen molar-refractivity contribution in [1.82, 2.24) is 5.32 Å². The fourth-order valence-corrected chi connectivity index (χ4v) is 10.5. The van der Waals surface area contributed by atoms with Gasteiger partial charge in [-0.3, -0.25) is 13.8 Å². The van der Waals surface area contributed by atoms with Gasteiger partial charge in [-0.25, -0.2) is 4.57 Å². The van der Waals surface area contributed by atoms with E-state index in [1.165, 1.54) is 212 Å². The lowest BCUT2D eigenvalue weighted by Crippen LogP contribution is -2.46. The predicted molar refractivity (Wildman–Crippen MR) is 332 cm³/mol. The molecule has 1 amide bonds. The molecule has 0 spiro atoms. The number of likely N-dealkylation sites (N-methyl/N-ethyl adjacent to an activating group) is 1. The number of hydrogen-bond acceptors (Lipinski definition) is 5. The minimum Gasteiger partial charge on any atom is -0.391 e. The first kappa shape index (κ1) is 74.2. The monoisotopic (exact) mass is 1090 g/mol. The zero-order valence-electron chi connectivity index (χ0n) is 51.0. The summed E-state index contributed by atoms with van der Waals surface area (Å²) < 4.78 is 23.9. The van der Waals surface area contributed by atoms with Crippen LogP contribution in [-0.2, 0) is 18.4 Å². The van der Waals surface area contributed by atoms with Crippen molar-refractivity contribution < 1.29 is 32.9 Å². The number of carbonyl (C=O) groups is 1. The molecule has 0 aromatic rings. The van der Waals surface area contributed by atoms with Crippen LogP contribution in [0, 0.1) is 0 Å². The number of hydrogen-bond donors (Lipinski definition) is 3. The third-order valence-corrected chi connectivity index (χ3v) is 15.8. The van der Waals surface area contributed by atoms with E-state index in [0.717, 1.165) is 70.6 Å². The average molecular weight is 1090 g/mol. The summed E-state index contributed by atoms with van der Waals surface area (Å²) in [5, 5.41) is 14.1. The maximum atomic E-state index is 13.1. The number of amides is 1. The molecule has 0 bridgehead atoms. The van der Waals surface area contributed by atoms with Gasteiger partial charge < -0.3 is 19.8 Å². The Bertz CT molecular complexity index is 1420. The van der Waals surface area contributed by atoms with E-state index >= 15 is 0 Å². The van der Waals surface area contributed by atoms with Crippen molar-refractivity contribution in [3.63, 3.8) is 0 Å². The number of allylic oxidation sites excluding steroid dienone is 10. The Morgan fingerprint density at radius 2 is 0.789 bits per heavy atom. The molecular formula is C67H128N2O6P+. The summed E-state index contributed by atoms with van der Waals surface area (Å²) in [5.74, 6) is -0.145. The molecule has 3 unspecified atom stereocenters. The summed E-state index contributed by atoms with van der Waals surface area (Å²) in [5.41, 5.74) is 0. The average Bonchev–Trinajstić information content (AvgIpc) is 3.38. The van der Waals surface area contributed by atoms with Crippen molar-refractivity contribution in [2.75, 3.05) is 40.9 Å². The molecule has 0 saturated carbocycles. The highest BCUT2D eigenvalue weighted by Crippen LogP contribution is 2.43. The van der Waals surface area contributed by atoms with E-state index in [-0.39, 0.29) is 19.1 Å². The zero-order valence-corrected chi connectivity index (χ0v) is 51.9. The van der Waals surface area contributed by atoms with E-state index < -0.39 is 20.0 Å². The lowest BCUT2D eigenvalue weighted by Gasteiger charge is -2.26. The van der Waals surface area contributed by atoms with Gasteiger partial charge in [0, 0.05) is 6.42 Å². The molecule has 9 heteroatoms. The van der Waals surface area contributed by atoms with Gasteiger partial charge in [-0.15, -0.1) is 0 Å². The molecule has 0 saturated heterocycles. The number of carbonyl (C=O) groups excluding carboxylic acids is 1. The van der Waals surface area contributed by atoms with Crippen molar-refractivity contribution in [3.05, 3.63) is 60.8 Å². The maximum absolute atomic E-state index is 13.1. The van der Waals surface area contributed by atoms with E-state index in [1.54, 1.807) is 0 Å². The summed E-state index contributed by atoms with van der Waals surface area (Å²) in [6, 6.07) is -0.767. The zero-order chi connectivity index (χ0) is 55.6. The highest BCUT2D eigenvalue weighted by atomic mass is 31.2. The standard InChI is InChI=1S/C67H127N2O6P/c1-6-8-10-12-14-16-18-20-22-24-26-28-30-32-34-36-38-40-42-44-46-48-50-52-54-56-58-60-66(70)65(64-75-76(72,73)74-63-62-69(3,4)5)68-67(71)61-59-57-55-53-51-49-47-45-43-41-39-37-35-33-31-29-27-25-23-21-19-17-15-13-11-9-7-2/h9,11,15,17,21,23,27,29,33,35,65-66,70H,6-8,10,12-14,16,18-20,22,24-26,28,30-32,34,36-64H2,1-5H3,(H-,68,71,72,73)/p+1/b11-9-,17-15-,23-21-,29-27-,35-33-. The normalized spacial score (nSPS) is 14.1. The van der Waals surface area contributed by atoms with E-state index in [4.69, 9.17) is 9.05 Å². The van der Waals surface area contributed by atoms with Gasteiger partial charge in [-0.05, 0) is 57.8 Å². The second-order valence-electron chi connectivity index (χ2n) is 23.5. The predicted octanol–water partition coefficient (Wildman–Crippen LogP) is 20.4. The van der Waals surface area contributed by atoms with Crippen LogP contribution < -0.4 is 5.32 Å². The van der Waals surface area contributed by atoms with Crippen LogP contribution in [0.15, 0.2) is 60.8 Å². The largest absolute Gasteiger partial charge is 0.472 e. The minimum absolute atomic E-state index is 0.0729. The molecule has 3 N–H and O–H groups in total. The minimum atomic E-state index is -4.33. The van der Waals surface area contributed by atoms with Gasteiger partial charge in [0.15, 0.2) is 0 Å². The van der Waals surface area contributed by atoms with E-state index in [0.29, 0.717) is 23.9 Å². The molecule has 76 heavy (non-hydrogen) atoms. The summed E-state index contributed by atoms with van der Waals surface area (Å²) in [6.07, 6.45) is 78.7. The number of rotatable bonds is 60. The molecule has 0 rings (SSSR count). The van der Waals surface area contributed by atoms with Crippen LogP contribution in [0.25, 0.3) is 0 Å². The molecule has 446 valence electrons. The van der Waals surface area contributed by atoms with E-state index in [9.17, 15) is 19.4 Å². The van der Waals surface area contributed by atoms with Crippen LogP contribution in [0.2, 0.25) is 0 Å². The number of nitrogens with zero attached hydrogens (tertiary/aromatic N) is 1. The molecule has 0 aliphatic heterocycles. The van der Waals surface area contributed by atoms with Gasteiger partial charge in [0.05, 0.1) is 39.9 Å². The van der Waals surface area contributed by atoms with Gasteiger partial charge >= 0.3 is 7.82 Å². The molecule has 3 atom stereocenters. The summed E-state index contributed by atoms with van der Waals surface area (Å²) in [7, 11) is 1.62. The smallest absolute Gasteiger partial charge is 0.391 e. The molecule has 8 nitrogen and oxygen atoms in total. The molecule has 0 aromatic carbocycles. The number of phosphoric ester groups is 1. The van der Waals surface area contributed by atoms with Crippen molar-refractivity contribution in [3.8, 4) is 0 Å². The van der Waals surface area contributed by atoms with Crippen LogP contribution in [0.5, 0.6) is 0 Å². The molecule has 0 aromatic heterocycles. The molecule has 0 aliphatic carbocycles.